The fraction of sp³-hybridized carbons (Fsp3) is 0.188. The van der Waals surface area contributed by atoms with Crippen LogP contribution < -0.4 is 15.8 Å². The lowest BCUT2D eigenvalue weighted by Crippen LogP contribution is -2.26. The molecule has 0 saturated heterocycles. The van der Waals surface area contributed by atoms with E-state index in [2.05, 4.69) is 21.2 Å². The van der Waals surface area contributed by atoms with Gasteiger partial charge in [-0.3, -0.25) is 4.79 Å². The second kappa shape index (κ2) is 7.69. The maximum atomic E-state index is 12.0. The highest BCUT2D eigenvalue weighted by Gasteiger charge is 2.09. The van der Waals surface area contributed by atoms with Crippen LogP contribution in [0.5, 0.6) is 5.75 Å². The lowest BCUT2D eigenvalue weighted by atomic mass is 10.2. The van der Waals surface area contributed by atoms with Gasteiger partial charge in [0.2, 0.25) is 0 Å². The number of nitrogens with two attached hydrogens (primary N) is 1. The van der Waals surface area contributed by atoms with Gasteiger partial charge in [0, 0.05) is 16.7 Å². The van der Waals surface area contributed by atoms with Crippen LogP contribution in [0, 0.1) is 0 Å². The van der Waals surface area contributed by atoms with Crippen molar-refractivity contribution in [3.05, 3.63) is 58.6 Å². The molecule has 0 saturated carbocycles. The number of ether oxygens (including phenoxy) is 1. The first-order valence-corrected chi connectivity index (χ1v) is 7.47. The molecule has 0 unspecified atom stereocenters. The van der Waals surface area contributed by atoms with Crippen molar-refractivity contribution in [3.63, 3.8) is 0 Å². The minimum Gasteiger partial charge on any atom is -0.494 e. The SMILES string of the molecule is Nc1ccc(Br)c(C(=O)NCCCOc2ccccc2)c1. The highest BCUT2D eigenvalue weighted by molar-refractivity contribution is 9.10. The molecule has 3 N–H and O–H groups in total. The average Bonchev–Trinajstić information content (AvgIpc) is 2.50. The third kappa shape index (κ3) is 4.79. The van der Waals surface area contributed by atoms with E-state index in [1.807, 2.05) is 30.3 Å². The lowest BCUT2D eigenvalue weighted by Gasteiger charge is -2.09. The maximum absolute atomic E-state index is 12.0. The summed E-state index contributed by atoms with van der Waals surface area (Å²) in [4.78, 5) is 12.0. The number of amides is 1. The zero-order valence-corrected chi connectivity index (χ0v) is 13.1. The molecule has 2 rings (SSSR count). The molecule has 0 aliphatic carbocycles. The van der Waals surface area contributed by atoms with Crippen molar-refractivity contribution in [1.82, 2.24) is 5.32 Å². The first-order valence-electron chi connectivity index (χ1n) is 6.68. The van der Waals surface area contributed by atoms with Gasteiger partial charge in [0.05, 0.1) is 12.2 Å². The Balaban J connectivity index is 1.73. The molecule has 0 spiro atoms. The molecule has 2 aromatic carbocycles. The number of benzene rings is 2. The van der Waals surface area contributed by atoms with Gasteiger partial charge in [-0.25, -0.2) is 0 Å². The van der Waals surface area contributed by atoms with E-state index in [9.17, 15) is 4.79 Å². The Bertz CT molecular complexity index is 602. The number of hydrogen-bond donors (Lipinski definition) is 2. The van der Waals surface area contributed by atoms with Crippen LogP contribution in [-0.4, -0.2) is 19.1 Å². The monoisotopic (exact) mass is 348 g/mol. The van der Waals surface area contributed by atoms with Crippen LogP contribution >= 0.6 is 15.9 Å². The summed E-state index contributed by atoms with van der Waals surface area (Å²) in [5, 5.41) is 2.85. The number of carbonyl (C=O) groups excluding carboxylic acids is 1. The number of halogens is 1. The molecule has 0 aromatic heterocycles. The number of nitrogens with one attached hydrogen (secondary N) is 1. The van der Waals surface area contributed by atoms with Crippen molar-refractivity contribution >= 4 is 27.5 Å². The molecule has 110 valence electrons. The van der Waals surface area contributed by atoms with E-state index in [0.29, 0.717) is 24.4 Å². The fourth-order valence-electron chi connectivity index (χ4n) is 1.79. The first kappa shape index (κ1) is 15.4. The summed E-state index contributed by atoms with van der Waals surface area (Å²) >= 11 is 3.34. The molecule has 0 aliphatic rings. The Kier molecular flexibility index (Phi) is 5.63. The van der Waals surface area contributed by atoms with Crippen molar-refractivity contribution in [2.75, 3.05) is 18.9 Å². The first-order chi connectivity index (χ1) is 10.2. The Labute approximate surface area is 132 Å². The molecule has 0 radical (unpaired) electrons. The molecule has 21 heavy (non-hydrogen) atoms. The molecule has 0 atom stereocenters. The van der Waals surface area contributed by atoms with Crippen LogP contribution in [0.25, 0.3) is 0 Å². The van der Waals surface area contributed by atoms with Crippen molar-refractivity contribution < 1.29 is 9.53 Å². The van der Waals surface area contributed by atoms with Gasteiger partial charge in [-0.2, -0.15) is 0 Å². The summed E-state index contributed by atoms with van der Waals surface area (Å²) < 4.78 is 6.29. The van der Waals surface area contributed by atoms with E-state index in [-0.39, 0.29) is 5.91 Å². The zero-order chi connectivity index (χ0) is 15.1. The molecule has 0 fully saturated rings. The number of anilines is 1. The van der Waals surface area contributed by atoms with E-state index >= 15 is 0 Å². The number of rotatable bonds is 6. The van der Waals surface area contributed by atoms with Crippen LogP contribution in [0.1, 0.15) is 16.8 Å². The van der Waals surface area contributed by atoms with Gasteiger partial charge >= 0.3 is 0 Å². The second-order valence-corrected chi connectivity index (χ2v) is 5.36. The zero-order valence-electron chi connectivity index (χ0n) is 11.5. The molecule has 1 amide bonds. The molecule has 2 aromatic rings. The maximum Gasteiger partial charge on any atom is 0.252 e. The van der Waals surface area contributed by atoms with Gasteiger partial charge < -0.3 is 15.8 Å². The largest absolute Gasteiger partial charge is 0.494 e. The van der Waals surface area contributed by atoms with Crippen LogP contribution in [-0.2, 0) is 0 Å². The normalized spacial score (nSPS) is 10.1. The standard InChI is InChI=1S/C16H17BrN2O2/c17-15-8-7-12(18)11-14(15)16(20)19-9-4-10-21-13-5-2-1-3-6-13/h1-3,5-8,11H,4,9-10,18H2,(H,19,20). The van der Waals surface area contributed by atoms with Crippen LogP contribution in [0.2, 0.25) is 0 Å². The minimum absolute atomic E-state index is 0.145. The van der Waals surface area contributed by atoms with Gasteiger partial charge in [-0.05, 0) is 52.7 Å². The fourth-order valence-corrected chi connectivity index (χ4v) is 2.22. The van der Waals surface area contributed by atoms with Gasteiger partial charge in [0.15, 0.2) is 0 Å². The summed E-state index contributed by atoms with van der Waals surface area (Å²) in [7, 11) is 0. The van der Waals surface area contributed by atoms with Gasteiger partial charge in [0.1, 0.15) is 5.75 Å². The Morgan fingerprint density at radius 3 is 2.71 bits per heavy atom. The quantitative estimate of drug-likeness (QED) is 0.622. The van der Waals surface area contributed by atoms with E-state index in [0.717, 1.165) is 16.6 Å². The second-order valence-electron chi connectivity index (χ2n) is 4.51. The summed E-state index contributed by atoms with van der Waals surface area (Å²) in [5.74, 6) is 0.691. The van der Waals surface area contributed by atoms with Crippen LogP contribution in [0.15, 0.2) is 53.0 Å². The van der Waals surface area contributed by atoms with Gasteiger partial charge in [0.25, 0.3) is 5.91 Å². The van der Waals surface area contributed by atoms with Gasteiger partial charge in [-0.15, -0.1) is 0 Å². The number of hydrogen-bond acceptors (Lipinski definition) is 3. The van der Waals surface area contributed by atoms with Crippen molar-refractivity contribution in [2.24, 2.45) is 0 Å². The molecule has 4 nitrogen and oxygen atoms in total. The van der Waals surface area contributed by atoms with Crippen molar-refractivity contribution in [1.29, 1.82) is 0 Å². The summed E-state index contributed by atoms with van der Waals surface area (Å²) in [5.41, 5.74) is 6.79. The van der Waals surface area contributed by atoms with E-state index < -0.39 is 0 Å². The summed E-state index contributed by atoms with van der Waals surface area (Å²) in [6.45, 7) is 1.11. The summed E-state index contributed by atoms with van der Waals surface area (Å²) in [6.07, 6.45) is 0.737. The predicted octanol–water partition coefficient (Wildman–Crippen LogP) is 3.23. The predicted molar refractivity (Wildman–Crippen MR) is 87.4 cm³/mol. The van der Waals surface area contributed by atoms with E-state index in [1.165, 1.54) is 0 Å². The van der Waals surface area contributed by atoms with Crippen LogP contribution in [0.4, 0.5) is 5.69 Å². The Morgan fingerprint density at radius 1 is 1.19 bits per heavy atom. The molecular formula is C16H17BrN2O2. The highest BCUT2D eigenvalue weighted by Crippen LogP contribution is 2.19. The molecule has 5 heteroatoms. The number of para-hydroxylation sites is 1. The highest BCUT2D eigenvalue weighted by atomic mass is 79.9. The number of nitrogen functional groups attached to an aromatic ring is 1. The average molecular weight is 349 g/mol. The number of carbonyl (C=O) groups is 1. The van der Waals surface area contributed by atoms with Gasteiger partial charge in [-0.1, -0.05) is 18.2 Å². The smallest absolute Gasteiger partial charge is 0.252 e. The molecular weight excluding hydrogens is 332 g/mol. The Morgan fingerprint density at radius 2 is 1.95 bits per heavy atom. The minimum atomic E-state index is -0.145. The van der Waals surface area contributed by atoms with Crippen LogP contribution in [0.3, 0.4) is 0 Å². The van der Waals surface area contributed by atoms with Crippen molar-refractivity contribution in [2.45, 2.75) is 6.42 Å². The third-order valence-corrected chi connectivity index (χ3v) is 3.55. The van der Waals surface area contributed by atoms with E-state index in [1.54, 1.807) is 18.2 Å². The topological polar surface area (TPSA) is 64.4 Å². The molecule has 0 bridgehead atoms. The third-order valence-electron chi connectivity index (χ3n) is 2.85. The van der Waals surface area contributed by atoms with Crippen molar-refractivity contribution in [3.8, 4) is 5.75 Å². The molecule has 0 heterocycles. The summed E-state index contributed by atoms with van der Waals surface area (Å²) in [6, 6.07) is 14.8. The van der Waals surface area contributed by atoms with E-state index in [4.69, 9.17) is 10.5 Å². The lowest BCUT2D eigenvalue weighted by molar-refractivity contribution is 0.0951. The Hall–Kier alpha value is -2.01. The molecule has 0 aliphatic heterocycles.